The van der Waals surface area contributed by atoms with E-state index in [1.807, 2.05) is 18.2 Å². The predicted octanol–water partition coefficient (Wildman–Crippen LogP) is 11.9. The molecule has 0 amide bonds. The lowest BCUT2D eigenvalue weighted by atomic mass is 9.95. The Labute approximate surface area is 258 Å². The molecule has 3 aromatic heterocycles. The fraction of sp³-hybridized carbons (Fsp3) is 0. The van der Waals surface area contributed by atoms with Crippen LogP contribution in [-0.2, 0) is 0 Å². The number of aromatic nitrogens is 1. The Balaban J connectivity index is 1.11. The van der Waals surface area contributed by atoms with Crippen LogP contribution in [0.1, 0.15) is 0 Å². The SMILES string of the molecule is c1cc(-c2ccc(-n3c4ccccc4c4ccccc43)cc2)cc(-c2cccc3oc4ccc5c6ccccc6oc5c4c23)c1. The van der Waals surface area contributed by atoms with E-state index < -0.39 is 0 Å². The van der Waals surface area contributed by atoms with Crippen LogP contribution in [0.15, 0.2) is 160 Å². The lowest BCUT2D eigenvalue weighted by molar-refractivity contribution is 0.663. The molecule has 10 aromatic rings. The molecule has 210 valence electrons. The van der Waals surface area contributed by atoms with E-state index in [9.17, 15) is 0 Å². The first-order valence-electron chi connectivity index (χ1n) is 15.3. The molecule has 0 radical (unpaired) electrons. The molecular formula is C42H25NO2. The fourth-order valence-electron chi connectivity index (χ4n) is 7.20. The molecule has 0 bridgehead atoms. The standard InChI is InChI=1S/C42H25NO2/c1-4-15-35-31(11-1)32-12-2-5-16-36(32)43(35)29-21-19-26(20-22-29)27-9-7-10-28(25-27)30-14-8-18-38-40(30)41-39(44-38)24-23-34-33-13-3-6-17-37(33)45-42(34)41/h1-25H. The molecule has 0 spiro atoms. The van der Waals surface area contributed by atoms with Gasteiger partial charge >= 0.3 is 0 Å². The Hall–Kier alpha value is -6.06. The summed E-state index contributed by atoms with van der Waals surface area (Å²) < 4.78 is 15.2. The van der Waals surface area contributed by atoms with Gasteiger partial charge in [-0.25, -0.2) is 0 Å². The van der Waals surface area contributed by atoms with Gasteiger partial charge in [0, 0.05) is 32.6 Å². The highest BCUT2D eigenvalue weighted by Crippen LogP contribution is 2.43. The van der Waals surface area contributed by atoms with Crippen LogP contribution < -0.4 is 0 Å². The van der Waals surface area contributed by atoms with E-state index in [4.69, 9.17) is 8.83 Å². The summed E-state index contributed by atoms with van der Waals surface area (Å²) in [5.74, 6) is 0. The van der Waals surface area contributed by atoms with Gasteiger partial charge in [-0.1, -0.05) is 97.1 Å². The molecule has 0 aliphatic carbocycles. The zero-order valence-corrected chi connectivity index (χ0v) is 24.2. The van der Waals surface area contributed by atoms with E-state index in [2.05, 4.69) is 138 Å². The highest BCUT2D eigenvalue weighted by molar-refractivity contribution is 6.24. The number of benzene rings is 7. The summed E-state index contributed by atoms with van der Waals surface area (Å²) in [5, 5.41) is 6.86. The lowest BCUT2D eigenvalue weighted by Crippen LogP contribution is -1.93. The minimum Gasteiger partial charge on any atom is -0.456 e. The van der Waals surface area contributed by atoms with Crippen molar-refractivity contribution < 1.29 is 8.83 Å². The van der Waals surface area contributed by atoms with E-state index >= 15 is 0 Å². The van der Waals surface area contributed by atoms with Crippen LogP contribution in [0.2, 0.25) is 0 Å². The van der Waals surface area contributed by atoms with Crippen LogP contribution in [0.25, 0.3) is 93.6 Å². The number of furan rings is 2. The van der Waals surface area contributed by atoms with Gasteiger partial charge in [0.15, 0.2) is 0 Å². The third-order valence-corrected chi connectivity index (χ3v) is 9.22. The molecular weight excluding hydrogens is 550 g/mol. The van der Waals surface area contributed by atoms with Gasteiger partial charge in [-0.15, -0.1) is 0 Å². The van der Waals surface area contributed by atoms with Crippen molar-refractivity contribution in [2.24, 2.45) is 0 Å². The second-order valence-corrected chi connectivity index (χ2v) is 11.7. The van der Waals surface area contributed by atoms with E-state index in [-0.39, 0.29) is 0 Å². The summed E-state index contributed by atoms with van der Waals surface area (Å²) in [4.78, 5) is 0. The molecule has 0 fully saturated rings. The molecule has 3 heterocycles. The monoisotopic (exact) mass is 575 g/mol. The minimum absolute atomic E-state index is 0.834. The number of hydrogen-bond donors (Lipinski definition) is 0. The van der Waals surface area contributed by atoms with Gasteiger partial charge < -0.3 is 13.4 Å². The lowest BCUT2D eigenvalue weighted by Gasteiger charge is -2.11. The highest BCUT2D eigenvalue weighted by Gasteiger charge is 2.19. The average Bonchev–Trinajstić information content (AvgIpc) is 3.78. The van der Waals surface area contributed by atoms with E-state index in [1.54, 1.807) is 0 Å². The van der Waals surface area contributed by atoms with E-state index in [0.717, 1.165) is 60.7 Å². The zero-order valence-electron chi connectivity index (χ0n) is 24.2. The van der Waals surface area contributed by atoms with Crippen molar-refractivity contribution in [2.45, 2.75) is 0 Å². The molecule has 45 heavy (non-hydrogen) atoms. The van der Waals surface area contributed by atoms with Gasteiger partial charge in [0.25, 0.3) is 0 Å². The summed E-state index contributed by atoms with van der Waals surface area (Å²) in [6.07, 6.45) is 0. The Morgan fingerprint density at radius 1 is 0.378 bits per heavy atom. The highest BCUT2D eigenvalue weighted by atomic mass is 16.3. The molecule has 0 atom stereocenters. The Kier molecular flexibility index (Phi) is 5.00. The maximum atomic E-state index is 6.45. The van der Waals surface area contributed by atoms with Crippen molar-refractivity contribution in [2.75, 3.05) is 0 Å². The topological polar surface area (TPSA) is 31.2 Å². The van der Waals surface area contributed by atoms with Gasteiger partial charge in [-0.2, -0.15) is 0 Å². The fourth-order valence-corrected chi connectivity index (χ4v) is 7.20. The van der Waals surface area contributed by atoms with Gasteiger partial charge in [0.2, 0.25) is 0 Å². The quantitative estimate of drug-likeness (QED) is 0.210. The second-order valence-electron chi connectivity index (χ2n) is 11.7. The average molecular weight is 576 g/mol. The van der Waals surface area contributed by atoms with Crippen LogP contribution in [0.3, 0.4) is 0 Å². The van der Waals surface area contributed by atoms with Crippen molar-refractivity contribution in [3.8, 4) is 27.9 Å². The number of hydrogen-bond acceptors (Lipinski definition) is 2. The maximum Gasteiger partial charge on any atom is 0.147 e. The number of nitrogens with zero attached hydrogens (tertiary/aromatic N) is 1. The van der Waals surface area contributed by atoms with Crippen molar-refractivity contribution in [1.29, 1.82) is 0 Å². The van der Waals surface area contributed by atoms with E-state index in [1.165, 1.54) is 32.9 Å². The zero-order chi connectivity index (χ0) is 29.5. The van der Waals surface area contributed by atoms with Gasteiger partial charge in [-0.3, -0.25) is 0 Å². The third kappa shape index (κ3) is 3.52. The van der Waals surface area contributed by atoms with Crippen LogP contribution in [0, 0.1) is 0 Å². The Morgan fingerprint density at radius 2 is 1.02 bits per heavy atom. The molecule has 0 aliphatic heterocycles. The van der Waals surface area contributed by atoms with Gasteiger partial charge in [-0.05, 0) is 76.9 Å². The molecule has 0 saturated heterocycles. The number of rotatable bonds is 3. The van der Waals surface area contributed by atoms with Crippen LogP contribution >= 0.6 is 0 Å². The molecule has 7 aromatic carbocycles. The Bertz CT molecular complexity index is 2700. The molecule has 3 heteroatoms. The summed E-state index contributed by atoms with van der Waals surface area (Å²) in [5.41, 5.74) is 11.6. The number of para-hydroxylation sites is 3. The molecule has 0 aliphatic rings. The summed E-state index contributed by atoms with van der Waals surface area (Å²) in [7, 11) is 0. The van der Waals surface area contributed by atoms with Crippen molar-refractivity contribution in [1.82, 2.24) is 4.57 Å². The summed E-state index contributed by atoms with van der Waals surface area (Å²) in [6.45, 7) is 0. The van der Waals surface area contributed by atoms with Gasteiger partial charge in [0.05, 0.1) is 16.4 Å². The summed E-state index contributed by atoms with van der Waals surface area (Å²) >= 11 is 0. The molecule has 0 saturated carbocycles. The second kappa shape index (κ2) is 9.22. The third-order valence-electron chi connectivity index (χ3n) is 9.22. The number of fused-ring (bicyclic) bond motifs is 10. The molecule has 0 unspecified atom stereocenters. The van der Waals surface area contributed by atoms with Crippen molar-refractivity contribution >= 4 is 65.7 Å². The van der Waals surface area contributed by atoms with Crippen LogP contribution in [-0.4, -0.2) is 4.57 Å². The first kappa shape index (κ1) is 24.4. The minimum atomic E-state index is 0.834. The van der Waals surface area contributed by atoms with E-state index in [0.29, 0.717) is 0 Å². The smallest absolute Gasteiger partial charge is 0.147 e. The molecule has 3 nitrogen and oxygen atoms in total. The molecule has 0 N–H and O–H groups in total. The first-order valence-corrected chi connectivity index (χ1v) is 15.3. The van der Waals surface area contributed by atoms with Gasteiger partial charge in [0.1, 0.15) is 22.3 Å². The maximum absolute atomic E-state index is 6.45. The Morgan fingerprint density at radius 3 is 1.82 bits per heavy atom. The first-order chi connectivity index (χ1) is 22.3. The van der Waals surface area contributed by atoms with Crippen molar-refractivity contribution in [3.05, 3.63) is 152 Å². The largest absolute Gasteiger partial charge is 0.456 e. The summed E-state index contributed by atoms with van der Waals surface area (Å²) in [6, 6.07) is 53.6. The van der Waals surface area contributed by atoms with Crippen molar-refractivity contribution in [3.63, 3.8) is 0 Å². The van der Waals surface area contributed by atoms with Crippen LogP contribution in [0.4, 0.5) is 0 Å². The van der Waals surface area contributed by atoms with Crippen LogP contribution in [0.5, 0.6) is 0 Å². The molecule has 10 rings (SSSR count). The normalized spacial score (nSPS) is 12.0. The predicted molar refractivity (Wildman–Crippen MR) is 186 cm³/mol.